The third-order valence-electron chi connectivity index (χ3n) is 1.98. The van der Waals surface area contributed by atoms with Gasteiger partial charge in [-0.1, -0.05) is 63.1 Å². The molecule has 1 aliphatic rings. The van der Waals surface area contributed by atoms with Gasteiger partial charge in [-0.3, -0.25) is 0 Å². The van der Waals surface area contributed by atoms with Crippen LogP contribution in [0.25, 0.3) is 0 Å². The summed E-state index contributed by atoms with van der Waals surface area (Å²) in [6, 6.07) is 0. The molecule has 0 aromatic rings. The Kier molecular flexibility index (Phi) is 15.3. The second-order valence-corrected chi connectivity index (χ2v) is 5.89. The van der Waals surface area contributed by atoms with Crippen LogP contribution in [0.5, 0.6) is 0 Å². The fourth-order valence-corrected chi connectivity index (χ4v) is 4.44. The van der Waals surface area contributed by atoms with E-state index in [2.05, 4.69) is 13.8 Å². The van der Waals surface area contributed by atoms with Gasteiger partial charge in [0.25, 0.3) is 0 Å². The normalized spacial score (nSPS) is 24.8. The van der Waals surface area contributed by atoms with Gasteiger partial charge in [-0.25, -0.2) is 0 Å². The maximum Gasteiger partial charge on any atom is 0.112 e. The Morgan fingerprint density at radius 1 is 1.00 bits per heavy atom. The predicted molar refractivity (Wildman–Crippen MR) is 76.5 cm³/mol. The molecule has 15 heavy (non-hydrogen) atoms. The lowest BCUT2D eigenvalue weighted by Gasteiger charge is -2.28. The summed E-state index contributed by atoms with van der Waals surface area (Å²) in [6.07, 6.45) is 2.53. The molecule has 0 bridgehead atoms. The average molecular weight is 252 g/mol. The minimum absolute atomic E-state index is 0.440. The van der Waals surface area contributed by atoms with Crippen LogP contribution in [0.4, 0.5) is 0 Å². The molecule has 0 aromatic carbocycles. The van der Waals surface area contributed by atoms with E-state index in [-0.39, 0.29) is 0 Å². The molecule has 1 rings (SSSR count). The van der Waals surface area contributed by atoms with Crippen molar-refractivity contribution in [3.8, 4) is 0 Å². The fraction of sp³-hybridized carbons (Fsp3) is 1.00. The number of hydrogen-bond donors (Lipinski definition) is 0. The van der Waals surface area contributed by atoms with Crippen LogP contribution in [-0.2, 0) is 4.74 Å². The van der Waals surface area contributed by atoms with Crippen LogP contribution in [-0.4, -0.2) is 17.8 Å². The predicted octanol–water partition coefficient (Wildman–Crippen LogP) is 5.21. The molecule has 0 aromatic heterocycles. The summed E-state index contributed by atoms with van der Waals surface area (Å²) in [5, 5.41) is 0.839. The standard InChI is InChI=1S/C8H16OS2.2C2H6/c1-6(2)7-4-5-8(9-3)11-10-7;2*1-2/h6-8H,4-5H2,1-3H3;2*1-2H3. The van der Waals surface area contributed by atoms with E-state index in [4.69, 9.17) is 4.74 Å². The number of rotatable bonds is 2. The maximum absolute atomic E-state index is 5.26. The monoisotopic (exact) mass is 252 g/mol. The van der Waals surface area contributed by atoms with E-state index in [9.17, 15) is 0 Å². The van der Waals surface area contributed by atoms with Crippen molar-refractivity contribution in [1.29, 1.82) is 0 Å². The smallest absolute Gasteiger partial charge is 0.112 e. The Labute approximate surface area is 105 Å². The average Bonchev–Trinajstić information content (AvgIpc) is 2.34. The molecule has 2 unspecified atom stereocenters. The summed E-state index contributed by atoms with van der Waals surface area (Å²) in [7, 11) is 5.69. The highest BCUT2D eigenvalue weighted by atomic mass is 33.1. The van der Waals surface area contributed by atoms with Gasteiger partial charge in [0.15, 0.2) is 0 Å². The number of methoxy groups -OCH3 is 1. The second kappa shape index (κ2) is 12.7. The van der Waals surface area contributed by atoms with Crippen LogP contribution in [0.1, 0.15) is 54.4 Å². The van der Waals surface area contributed by atoms with Gasteiger partial charge in [-0.05, 0) is 18.8 Å². The zero-order valence-corrected chi connectivity index (χ0v) is 13.0. The van der Waals surface area contributed by atoms with Crippen LogP contribution in [0, 0.1) is 5.92 Å². The van der Waals surface area contributed by atoms with Crippen LogP contribution >= 0.6 is 21.6 Å². The lowest BCUT2D eigenvalue weighted by atomic mass is 10.1. The first kappa shape index (κ1) is 18.0. The van der Waals surface area contributed by atoms with Crippen molar-refractivity contribution in [2.24, 2.45) is 5.92 Å². The van der Waals surface area contributed by atoms with Crippen molar-refractivity contribution in [3.05, 3.63) is 0 Å². The molecule has 0 aliphatic carbocycles. The SMILES string of the molecule is CC.CC.COC1CCC(C(C)C)SS1. The van der Waals surface area contributed by atoms with E-state index in [1.807, 2.05) is 49.3 Å². The van der Waals surface area contributed by atoms with Crippen molar-refractivity contribution in [2.45, 2.75) is 65.1 Å². The highest BCUT2D eigenvalue weighted by Gasteiger charge is 2.23. The molecule has 0 N–H and O–H groups in total. The van der Waals surface area contributed by atoms with Gasteiger partial charge >= 0.3 is 0 Å². The maximum atomic E-state index is 5.26. The van der Waals surface area contributed by atoms with Crippen molar-refractivity contribution < 1.29 is 4.74 Å². The molecule has 3 heteroatoms. The molecule has 1 saturated heterocycles. The quantitative estimate of drug-likeness (QED) is 0.624. The Balaban J connectivity index is 0. The van der Waals surface area contributed by atoms with Gasteiger partial charge in [0.2, 0.25) is 0 Å². The van der Waals surface area contributed by atoms with E-state index >= 15 is 0 Å². The van der Waals surface area contributed by atoms with E-state index in [0.29, 0.717) is 5.44 Å². The summed E-state index contributed by atoms with van der Waals surface area (Å²) in [5.74, 6) is 0.810. The van der Waals surface area contributed by atoms with Crippen LogP contribution in [0.15, 0.2) is 0 Å². The summed E-state index contributed by atoms with van der Waals surface area (Å²) >= 11 is 0. The van der Waals surface area contributed by atoms with Crippen molar-refractivity contribution in [1.82, 2.24) is 0 Å². The van der Waals surface area contributed by atoms with Crippen molar-refractivity contribution >= 4 is 21.6 Å². The Morgan fingerprint density at radius 3 is 1.80 bits per heavy atom. The fourth-order valence-electron chi connectivity index (χ4n) is 1.13. The molecule has 1 aliphatic heterocycles. The molecule has 94 valence electrons. The number of ether oxygens (including phenoxy) is 1. The zero-order valence-electron chi connectivity index (χ0n) is 11.4. The second-order valence-electron chi connectivity index (χ2n) is 3.22. The molecule has 0 radical (unpaired) electrons. The van der Waals surface area contributed by atoms with Gasteiger partial charge in [-0.2, -0.15) is 0 Å². The third kappa shape index (κ3) is 8.47. The molecule has 0 spiro atoms. The van der Waals surface area contributed by atoms with Gasteiger partial charge < -0.3 is 4.74 Å². The molecular formula is C12H28OS2. The highest BCUT2D eigenvalue weighted by Crippen LogP contribution is 2.43. The number of hydrogen-bond acceptors (Lipinski definition) is 3. The molecule has 1 fully saturated rings. The first-order valence-corrected chi connectivity index (χ1v) is 8.36. The molecular weight excluding hydrogens is 224 g/mol. The van der Waals surface area contributed by atoms with E-state index < -0.39 is 0 Å². The molecule has 0 amide bonds. The molecule has 2 atom stereocenters. The summed E-state index contributed by atoms with van der Waals surface area (Å²) < 4.78 is 5.26. The minimum Gasteiger partial charge on any atom is -0.370 e. The lowest BCUT2D eigenvalue weighted by Crippen LogP contribution is -2.19. The van der Waals surface area contributed by atoms with Gasteiger partial charge in [0.05, 0.1) is 0 Å². The molecule has 1 heterocycles. The lowest BCUT2D eigenvalue weighted by molar-refractivity contribution is 0.162. The topological polar surface area (TPSA) is 9.23 Å². The first-order chi connectivity index (χ1) is 7.24. The molecule has 1 nitrogen and oxygen atoms in total. The van der Waals surface area contributed by atoms with Crippen LogP contribution < -0.4 is 0 Å². The minimum atomic E-state index is 0.440. The van der Waals surface area contributed by atoms with Gasteiger partial charge in [0.1, 0.15) is 5.44 Å². The Bertz CT molecular complexity index is 110. The molecule has 0 saturated carbocycles. The Morgan fingerprint density at radius 2 is 1.53 bits per heavy atom. The summed E-state index contributed by atoms with van der Waals surface area (Å²) in [6.45, 7) is 12.6. The third-order valence-corrected chi connectivity index (χ3v) is 5.48. The first-order valence-electron chi connectivity index (χ1n) is 6.09. The zero-order chi connectivity index (χ0) is 12.3. The summed E-state index contributed by atoms with van der Waals surface area (Å²) in [4.78, 5) is 0. The van der Waals surface area contributed by atoms with E-state index in [0.717, 1.165) is 11.2 Å². The summed E-state index contributed by atoms with van der Waals surface area (Å²) in [5.41, 5.74) is 0.440. The van der Waals surface area contributed by atoms with Crippen molar-refractivity contribution in [3.63, 3.8) is 0 Å². The highest BCUT2D eigenvalue weighted by molar-refractivity contribution is 8.77. The van der Waals surface area contributed by atoms with E-state index in [1.165, 1.54) is 12.8 Å². The Hall–Kier alpha value is 0.660. The van der Waals surface area contributed by atoms with Crippen molar-refractivity contribution in [2.75, 3.05) is 7.11 Å². The van der Waals surface area contributed by atoms with Crippen LogP contribution in [0.3, 0.4) is 0 Å². The van der Waals surface area contributed by atoms with Crippen LogP contribution in [0.2, 0.25) is 0 Å². The van der Waals surface area contributed by atoms with E-state index in [1.54, 1.807) is 7.11 Å². The largest absolute Gasteiger partial charge is 0.370 e. The van der Waals surface area contributed by atoms with Gasteiger partial charge in [0, 0.05) is 12.4 Å². The van der Waals surface area contributed by atoms with Gasteiger partial charge in [-0.15, -0.1) is 0 Å².